The zero-order valence-corrected chi connectivity index (χ0v) is 10.7. The summed E-state index contributed by atoms with van der Waals surface area (Å²) >= 11 is 0. The quantitative estimate of drug-likeness (QED) is 0.604. The molecule has 0 fully saturated rings. The van der Waals surface area contributed by atoms with Gasteiger partial charge in [-0.15, -0.1) is 0 Å². The molecule has 0 saturated carbocycles. The number of nitro groups is 1. The average Bonchev–Trinajstić information content (AvgIpc) is 2.32. The molecule has 0 spiro atoms. The zero-order chi connectivity index (χ0) is 12.8. The molecule has 0 atom stereocenters. The van der Waals surface area contributed by atoms with Crippen LogP contribution in [0.4, 0.5) is 11.4 Å². The smallest absolute Gasteiger partial charge is 0.274 e. The Morgan fingerprint density at radius 2 is 2.00 bits per heavy atom. The Bertz CT molecular complexity index is 387. The summed E-state index contributed by atoms with van der Waals surface area (Å²) < 4.78 is 0. The number of nitrogens with zero attached hydrogens (tertiary/aromatic N) is 1. The van der Waals surface area contributed by atoms with E-state index in [2.05, 4.69) is 19.2 Å². The third-order valence-corrected chi connectivity index (χ3v) is 3.16. The van der Waals surface area contributed by atoms with Gasteiger partial charge in [-0.3, -0.25) is 10.1 Å². The Morgan fingerprint density at radius 1 is 1.35 bits per heavy atom. The lowest BCUT2D eigenvalue weighted by Crippen LogP contribution is -2.12. The van der Waals surface area contributed by atoms with Crippen LogP contribution in [0.15, 0.2) is 18.2 Å². The fraction of sp³-hybridized carbons (Fsp3) is 0.538. The van der Waals surface area contributed by atoms with Gasteiger partial charge >= 0.3 is 0 Å². The molecule has 0 aliphatic carbocycles. The molecule has 17 heavy (non-hydrogen) atoms. The largest absolute Gasteiger partial charge is 0.385 e. The second-order valence-corrected chi connectivity index (χ2v) is 4.32. The summed E-state index contributed by atoms with van der Waals surface area (Å²) in [5.74, 6) is 0.621. The van der Waals surface area contributed by atoms with Gasteiger partial charge in [0.2, 0.25) is 0 Å². The maximum atomic E-state index is 10.8. The number of hydrogen-bond donors (Lipinski definition) is 1. The van der Waals surface area contributed by atoms with E-state index < -0.39 is 0 Å². The van der Waals surface area contributed by atoms with E-state index in [9.17, 15) is 10.1 Å². The summed E-state index contributed by atoms with van der Waals surface area (Å²) in [5, 5.41) is 14.1. The topological polar surface area (TPSA) is 55.2 Å². The summed E-state index contributed by atoms with van der Waals surface area (Å²) in [6.07, 6.45) is 2.24. The van der Waals surface area contributed by atoms with Crippen LogP contribution < -0.4 is 5.32 Å². The van der Waals surface area contributed by atoms with Crippen molar-refractivity contribution in [1.82, 2.24) is 0 Å². The Morgan fingerprint density at radius 3 is 2.53 bits per heavy atom. The molecule has 0 saturated heterocycles. The lowest BCUT2D eigenvalue weighted by Gasteiger charge is -2.14. The first-order valence-corrected chi connectivity index (χ1v) is 6.07. The number of anilines is 1. The van der Waals surface area contributed by atoms with Gasteiger partial charge in [-0.1, -0.05) is 32.8 Å². The molecule has 0 amide bonds. The maximum absolute atomic E-state index is 10.8. The molecule has 1 rings (SSSR count). The van der Waals surface area contributed by atoms with Gasteiger partial charge in [0.05, 0.1) is 4.92 Å². The molecule has 0 heterocycles. The molecular weight excluding hydrogens is 216 g/mol. The molecule has 0 radical (unpaired) electrons. The van der Waals surface area contributed by atoms with E-state index in [1.54, 1.807) is 19.1 Å². The molecule has 0 aliphatic heterocycles. The Labute approximate surface area is 102 Å². The first-order chi connectivity index (χ1) is 8.08. The van der Waals surface area contributed by atoms with Crippen LogP contribution >= 0.6 is 0 Å². The van der Waals surface area contributed by atoms with Crippen LogP contribution in [0.25, 0.3) is 0 Å². The second kappa shape index (κ2) is 6.23. The normalized spacial score (nSPS) is 10.6. The van der Waals surface area contributed by atoms with Gasteiger partial charge in [-0.25, -0.2) is 0 Å². The van der Waals surface area contributed by atoms with Crippen molar-refractivity contribution in [1.29, 1.82) is 0 Å². The van der Waals surface area contributed by atoms with E-state index in [1.165, 1.54) is 0 Å². The first kappa shape index (κ1) is 13.5. The minimum absolute atomic E-state index is 0.180. The molecule has 4 heteroatoms. The summed E-state index contributed by atoms with van der Waals surface area (Å²) in [4.78, 5) is 10.5. The van der Waals surface area contributed by atoms with Gasteiger partial charge in [0.1, 0.15) is 0 Å². The minimum atomic E-state index is -0.336. The number of rotatable bonds is 6. The molecular formula is C13H20N2O2. The molecule has 94 valence electrons. The number of nitrogens with one attached hydrogen (secondary N) is 1. The lowest BCUT2D eigenvalue weighted by molar-refractivity contribution is -0.385. The van der Waals surface area contributed by atoms with Gasteiger partial charge in [0, 0.05) is 23.9 Å². The van der Waals surface area contributed by atoms with E-state index in [0.29, 0.717) is 11.5 Å². The maximum Gasteiger partial charge on any atom is 0.274 e. The molecule has 1 aromatic carbocycles. The van der Waals surface area contributed by atoms with Crippen molar-refractivity contribution in [3.63, 3.8) is 0 Å². The molecule has 1 aromatic rings. The second-order valence-electron chi connectivity index (χ2n) is 4.32. The highest BCUT2D eigenvalue weighted by Gasteiger charge is 2.11. The van der Waals surface area contributed by atoms with E-state index in [-0.39, 0.29) is 10.6 Å². The van der Waals surface area contributed by atoms with Crippen LogP contribution in [0, 0.1) is 23.0 Å². The molecule has 0 bridgehead atoms. The van der Waals surface area contributed by atoms with Crippen molar-refractivity contribution in [3.8, 4) is 0 Å². The van der Waals surface area contributed by atoms with Gasteiger partial charge in [-0.05, 0) is 18.9 Å². The highest BCUT2D eigenvalue weighted by Crippen LogP contribution is 2.22. The van der Waals surface area contributed by atoms with Gasteiger partial charge in [-0.2, -0.15) is 0 Å². The average molecular weight is 236 g/mol. The Kier molecular flexibility index (Phi) is 4.94. The highest BCUT2D eigenvalue weighted by molar-refractivity contribution is 5.54. The van der Waals surface area contributed by atoms with E-state index in [4.69, 9.17) is 0 Å². The van der Waals surface area contributed by atoms with Crippen LogP contribution in [0.2, 0.25) is 0 Å². The fourth-order valence-electron chi connectivity index (χ4n) is 1.76. The Hall–Kier alpha value is -1.58. The number of benzene rings is 1. The van der Waals surface area contributed by atoms with E-state index in [0.717, 1.165) is 25.1 Å². The van der Waals surface area contributed by atoms with Crippen LogP contribution in [0.5, 0.6) is 0 Å². The SMILES string of the molecule is CCC(CC)CNc1ccc(C)c([N+](=O)[O-])c1. The van der Waals surface area contributed by atoms with Gasteiger partial charge in [0.15, 0.2) is 0 Å². The fourth-order valence-corrected chi connectivity index (χ4v) is 1.76. The van der Waals surface area contributed by atoms with Crippen LogP contribution in [0.3, 0.4) is 0 Å². The van der Waals surface area contributed by atoms with Gasteiger partial charge < -0.3 is 5.32 Å². The van der Waals surface area contributed by atoms with Crippen molar-refractivity contribution in [3.05, 3.63) is 33.9 Å². The molecule has 0 aliphatic rings. The van der Waals surface area contributed by atoms with Gasteiger partial charge in [0.25, 0.3) is 5.69 Å². The number of aryl methyl sites for hydroxylation is 1. The summed E-state index contributed by atoms with van der Waals surface area (Å²) in [7, 11) is 0. The van der Waals surface area contributed by atoms with Crippen LogP contribution in [-0.4, -0.2) is 11.5 Å². The number of hydrogen-bond acceptors (Lipinski definition) is 3. The zero-order valence-electron chi connectivity index (χ0n) is 10.7. The standard InChI is InChI=1S/C13H20N2O2/c1-4-11(5-2)9-14-12-7-6-10(3)13(8-12)15(16)17/h6-8,11,14H,4-5,9H2,1-3H3. The van der Waals surface area contributed by atoms with Crippen LogP contribution in [0.1, 0.15) is 32.3 Å². The summed E-state index contributed by atoms with van der Waals surface area (Å²) in [5.41, 5.74) is 1.71. The summed E-state index contributed by atoms with van der Waals surface area (Å²) in [6, 6.07) is 5.29. The molecule has 4 nitrogen and oxygen atoms in total. The van der Waals surface area contributed by atoms with Crippen molar-refractivity contribution < 1.29 is 4.92 Å². The predicted octanol–water partition coefficient (Wildman–Crippen LogP) is 3.75. The summed E-state index contributed by atoms with van der Waals surface area (Å²) in [6.45, 7) is 6.94. The number of nitro benzene ring substituents is 1. The van der Waals surface area contributed by atoms with Crippen LogP contribution in [-0.2, 0) is 0 Å². The first-order valence-electron chi connectivity index (χ1n) is 6.07. The van der Waals surface area contributed by atoms with E-state index in [1.807, 2.05) is 6.07 Å². The third-order valence-electron chi connectivity index (χ3n) is 3.16. The lowest BCUT2D eigenvalue weighted by atomic mass is 10.0. The predicted molar refractivity (Wildman–Crippen MR) is 70.4 cm³/mol. The Balaban J connectivity index is 2.72. The highest BCUT2D eigenvalue weighted by atomic mass is 16.6. The molecule has 1 N–H and O–H groups in total. The third kappa shape index (κ3) is 3.73. The molecule has 0 unspecified atom stereocenters. The molecule has 0 aromatic heterocycles. The monoisotopic (exact) mass is 236 g/mol. The van der Waals surface area contributed by atoms with E-state index >= 15 is 0 Å². The van der Waals surface area contributed by atoms with Crippen molar-refractivity contribution >= 4 is 11.4 Å². The van der Waals surface area contributed by atoms with Crippen molar-refractivity contribution in [2.45, 2.75) is 33.6 Å². The van der Waals surface area contributed by atoms with Crippen molar-refractivity contribution in [2.75, 3.05) is 11.9 Å². The minimum Gasteiger partial charge on any atom is -0.385 e. The van der Waals surface area contributed by atoms with Crippen molar-refractivity contribution in [2.24, 2.45) is 5.92 Å².